The number of furan rings is 3. The fourth-order valence-corrected chi connectivity index (χ4v) is 18.9. The standard InChI is InChI=1S/C111H69N9O3/c1-4-28-73(29-5-1)118-97-43-16-10-37-85(97)91-64-79(49-55-100(91)118)115(82-52-58-106-94(67-82)88-40-13-19-46-103(88)121-106)76-34-22-25-70(61-76)109-112-110(71-26-23-35-77(62-71)116(83-53-59-107-95(68-83)89-41-14-20-47-104(89)122-107)80-50-56-101-92(65-80)86-38-11-17-44-98(86)119(101)74-30-6-2-7-31-74)114-111(113-109)72-27-24-36-78(63-72)117(84-54-60-108-96(69-84)90-42-15-21-48-105(90)123-108)81-51-57-102-93(66-81)87-39-12-18-45-99(87)120(102)75-32-8-3-9-33-75/h1-69H. The van der Waals surface area contributed by atoms with E-state index < -0.39 is 0 Å². The molecule has 12 heteroatoms. The summed E-state index contributed by atoms with van der Waals surface area (Å²) in [5, 5.41) is 13.0. The summed E-state index contributed by atoms with van der Waals surface area (Å²) in [7, 11) is 0. The Morgan fingerprint density at radius 3 is 0.691 bits per heavy atom. The van der Waals surface area contributed by atoms with Crippen molar-refractivity contribution in [3.8, 4) is 51.2 Å². The molecule has 0 saturated heterocycles. The molecule has 123 heavy (non-hydrogen) atoms. The SMILES string of the molecule is c1ccc(-n2c3ccccc3c3cc(N(c4cccc(-c5nc(-c6cccc(N(c7ccc8oc9ccccc9c8c7)c7ccc8c(c7)c7ccccc7n8-c7ccccc7)c6)nc(-c6cccc(N(c7ccc8oc9ccccc9c8c7)c7ccc8c(c7)c7ccccc7n8-c7ccccc7)c6)n5)c4)c4ccc5oc6ccccc6c5c4)ccc32)cc1. The summed E-state index contributed by atoms with van der Waals surface area (Å²) >= 11 is 0. The van der Waals surface area contributed by atoms with Gasteiger partial charge in [-0.25, -0.2) is 15.0 Å². The van der Waals surface area contributed by atoms with E-state index in [1.165, 1.54) is 0 Å². The molecule has 0 atom stereocenters. The highest BCUT2D eigenvalue weighted by Gasteiger charge is 2.27. The van der Waals surface area contributed by atoms with E-state index in [9.17, 15) is 0 Å². The molecule has 0 radical (unpaired) electrons. The molecule has 7 aromatic heterocycles. The summed E-state index contributed by atoms with van der Waals surface area (Å²) in [4.78, 5) is 24.2. The van der Waals surface area contributed by atoms with Crippen molar-refractivity contribution in [3.63, 3.8) is 0 Å². The van der Waals surface area contributed by atoms with E-state index in [2.05, 4.69) is 411 Å². The lowest BCUT2D eigenvalue weighted by molar-refractivity contribution is 0.668. The van der Waals surface area contributed by atoms with Crippen LogP contribution < -0.4 is 14.7 Å². The van der Waals surface area contributed by atoms with Crippen molar-refractivity contribution >= 4 is 182 Å². The van der Waals surface area contributed by atoms with Crippen LogP contribution in [0.3, 0.4) is 0 Å². The first-order valence-corrected chi connectivity index (χ1v) is 41.4. The minimum absolute atomic E-state index is 0.481. The van der Waals surface area contributed by atoms with Crippen LogP contribution >= 0.6 is 0 Å². The summed E-state index contributed by atoms with van der Waals surface area (Å²) in [6, 6.07) is 149. The lowest BCUT2D eigenvalue weighted by atomic mass is 10.1. The fourth-order valence-electron chi connectivity index (χ4n) is 18.9. The van der Waals surface area contributed by atoms with Crippen LogP contribution in [0.15, 0.2) is 432 Å². The molecule has 7 heterocycles. The number of fused-ring (bicyclic) bond motifs is 18. The molecule has 12 nitrogen and oxygen atoms in total. The smallest absolute Gasteiger partial charge is 0.164 e. The quantitative estimate of drug-likeness (QED) is 0.0993. The van der Waals surface area contributed by atoms with E-state index in [1.807, 2.05) is 36.4 Å². The van der Waals surface area contributed by atoms with Crippen molar-refractivity contribution in [2.75, 3.05) is 14.7 Å². The molecule has 25 rings (SSSR count). The first kappa shape index (κ1) is 69.3. The van der Waals surface area contributed by atoms with Gasteiger partial charge in [-0.2, -0.15) is 0 Å². The van der Waals surface area contributed by atoms with Gasteiger partial charge in [0.25, 0.3) is 0 Å². The molecule has 0 spiro atoms. The third-order valence-corrected chi connectivity index (χ3v) is 24.4. The Balaban J connectivity index is 0.697. The predicted molar refractivity (Wildman–Crippen MR) is 505 cm³/mol. The van der Waals surface area contributed by atoms with Gasteiger partial charge in [-0.05, 0) is 218 Å². The largest absolute Gasteiger partial charge is 0.456 e. The number of aromatic nitrogens is 6. The molecular formula is C111H69N9O3. The monoisotopic (exact) mass is 1580 g/mol. The Bertz CT molecular complexity index is 7770. The van der Waals surface area contributed by atoms with Gasteiger partial charge in [-0.15, -0.1) is 0 Å². The molecule has 0 N–H and O–H groups in total. The van der Waals surface area contributed by atoms with Gasteiger partial charge in [-0.1, -0.05) is 200 Å². The topological polar surface area (TPSA) is 103 Å². The van der Waals surface area contributed by atoms with Crippen molar-refractivity contribution in [2.45, 2.75) is 0 Å². The van der Waals surface area contributed by atoms with Gasteiger partial charge in [0.1, 0.15) is 33.5 Å². The summed E-state index contributed by atoms with van der Waals surface area (Å²) in [6.07, 6.45) is 0. The van der Waals surface area contributed by atoms with Gasteiger partial charge in [0.15, 0.2) is 17.5 Å². The van der Waals surface area contributed by atoms with E-state index in [4.69, 9.17) is 28.2 Å². The van der Waals surface area contributed by atoms with Crippen LogP contribution in [0.25, 0.3) is 182 Å². The second kappa shape index (κ2) is 27.9. The Hall–Kier alpha value is -16.8. The van der Waals surface area contributed by atoms with Crippen molar-refractivity contribution in [1.82, 2.24) is 28.7 Å². The minimum Gasteiger partial charge on any atom is -0.456 e. The Kier molecular flexibility index (Phi) is 15.7. The second-order valence-corrected chi connectivity index (χ2v) is 31.5. The van der Waals surface area contributed by atoms with Gasteiger partial charge in [0, 0.05) is 150 Å². The zero-order valence-electron chi connectivity index (χ0n) is 66.1. The van der Waals surface area contributed by atoms with Crippen LogP contribution in [-0.4, -0.2) is 28.7 Å². The number of benzene rings is 18. The summed E-state index contributed by atoms with van der Waals surface area (Å²) in [5.74, 6) is 1.44. The molecule has 0 bridgehead atoms. The average Bonchev–Trinajstić information content (AvgIpc) is 1.60. The first-order chi connectivity index (χ1) is 60.9. The van der Waals surface area contributed by atoms with E-state index in [0.29, 0.717) is 17.5 Å². The average molecular weight is 1580 g/mol. The lowest BCUT2D eigenvalue weighted by Gasteiger charge is -2.27. The molecule has 0 aliphatic carbocycles. The summed E-state index contributed by atoms with van der Waals surface area (Å²) in [6.45, 7) is 0. The molecule has 0 aliphatic rings. The molecule has 0 aliphatic heterocycles. The number of nitrogens with zero attached hydrogens (tertiary/aromatic N) is 9. The van der Waals surface area contributed by atoms with E-state index in [1.54, 1.807) is 0 Å². The van der Waals surface area contributed by atoms with Crippen LogP contribution in [0.2, 0.25) is 0 Å². The van der Waals surface area contributed by atoms with Gasteiger partial charge in [-0.3, -0.25) is 0 Å². The minimum atomic E-state index is 0.481. The highest BCUT2D eigenvalue weighted by atomic mass is 16.3. The fraction of sp³-hybridized carbons (Fsp3) is 0. The van der Waals surface area contributed by atoms with E-state index in [0.717, 1.165) is 216 Å². The Morgan fingerprint density at radius 1 is 0.163 bits per heavy atom. The Morgan fingerprint density at radius 2 is 0.390 bits per heavy atom. The predicted octanol–water partition coefficient (Wildman–Crippen LogP) is 30.3. The molecule has 576 valence electrons. The molecule has 0 unspecified atom stereocenters. The lowest BCUT2D eigenvalue weighted by Crippen LogP contribution is -2.11. The van der Waals surface area contributed by atoms with Crippen LogP contribution in [0.5, 0.6) is 0 Å². The molecule has 0 amide bonds. The van der Waals surface area contributed by atoms with Gasteiger partial charge < -0.3 is 41.7 Å². The van der Waals surface area contributed by atoms with Crippen LogP contribution in [-0.2, 0) is 0 Å². The van der Waals surface area contributed by atoms with Crippen molar-refractivity contribution in [1.29, 1.82) is 0 Å². The number of hydrogen-bond donors (Lipinski definition) is 0. The molecule has 0 fully saturated rings. The van der Waals surface area contributed by atoms with Crippen LogP contribution in [0.1, 0.15) is 0 Å². The maximum absolute atomic E-state index is 6.54. The highest BCUT2D eigenvalue weighted by molar-refractivity contribution is 6.16. The first-order valence-electron chi connectivity index (χ1n) is 41.4. The summed E-state index contributed by atoms with van der Waals surface area (Å²) in [5.41, 5.74) is 25.6. The maximum atomic E-state index is 6.54. The van der Waals surface area contributed by atoms with Crippen molar-refractivity contribution < 1.29 is 13.3 Å². The number of anilines is 9. The Labute approximate surface area is 704 Å². The summed E-state index contributed by atoms with van der Waals surface area (Å²) < 4.78 is 26.7. The van der Waals surface area contributed by atoms with Crippen molar-refractivity contribution in [2.24, 2.45) is 0 Å². The van der Waals surface area contributed by atoms with Gasteiger partial charge >= 0.3 is 0 Å². The van der Waals surface area contributed by atoms with E-state index in [-0.39, 0.29) is 0 Å². The zero-order chi connectivity index (χ0) is 80.7. The third-order valence-electron chi connectivity index (χ3n) is 24.4. The maximum Gasteiger partial charge on any atom is 0.164 e. The zero-order valence-corrected chi connectivity index (χ0v) is 66.1. The number of para-hydroxylation sites is 9. The molecule has 18 aromatic carbocycles. The van der Waals surface area contributed by atoms with Gasteiger partial charge in [0.2, 0.25) is 0 Å². The van der Waals surface area contributed by atoms with Crippen LogP contribution in [0, 0.1) is 0 Å². The normalized spacial score (nSPS) is 11.9. The van der Waals surface area contributed by atoms with Crippen LogP contribution in [0.4, 0.5) is 51.2 Å². The third kappa shape index (κ3) is 11.4. The molecule has 0 saturated carbocycles. The van der Waals surface area contributed by atoms with E-state index >= 15 is 0 Å². The number of rotatable bonds is 15. The molecular weight excluding hydrogens is 1510 g/mol. The van der Waals surface area contributed by atoms with Gasteiger partial charge in [0.05, 0.1) is 33.1 Å². The second-order valence-electron chi connectivity index (χ2n) is 31.5. The highest BCUT2D eigenvalue weighted by Crippen LogP contribution is 2.49. The van der Waals surface area contributed by atoms with Crippen molar-refractivity contribution in [3.05, 3.63) is 419 Å². The molecule has 25 aromatic rings. The number of hydrogen-bond acceptors (Lipinski definition) is 9.